The van der Waals surface area contributed by atoms with Gasteiger partial charge in [0.25, 0.3) is 0 Å². The van der Waals surface area contributed by atoms with Gasteiger partial charge in [0, 0.05) is 19.2 Å². The Morgan fingerprint density at radius 2 is 1.80 bits per heavy atom. The zero-order chi connectivity index (χ0) is 18.6. The topological polar surface area (TPSA) is 27.0 Å². The fourth-order valence-electron chi connectivity index (χ4n) is 2.30. The fourth-order valence-corrected chi connectivity index (χ4v) is 2.30. The highest BCUT2D eigenvalue weighted by Crippen LogP contribution is 2.28. The van der Waals surface area contributed by atoms with Gasteiger partial charge in [-0.25, -0.2) is 13.2 Å². The van der Waals surface area contributed by atoms with Crippen molar-refractivity contribution < 1.29 is 13.2 Å². The van der Waals surface area contributed by atoms with Crippen LogP contribution in [0.4, 0.5) is 13.2 Å². The van der Waals surface area contributed by atoms with E-state index in [0.717, 1.165) is 17.7 Å². The molecule has 0 atom stereocenters. The Balaban J connectivity index is 2.38. The van der Waals surface area contributed by atoms with E-state index < -0.39 is 23.0 Å². The van der Waals surface area contributed by atoms with Crippen molar-refractivity contribution in [2.45, 2.75) is 6.92 Å². The standard InChI is InChI=1S/C20H17F3N2/c1-4-25(3)8-7-13(2)14-5-6-16(18(21)9-14)15-10-19(22)17(12-24)20(23)11-15/h4-7,9-11H,1,8H2,2-3H3/b13-7+. The first-order chi connectivity index (χ1) is 11.9. The van der Waals surface area contributed by atoms with E-state index in [0.29, 0.717) is 12.1 Å². The van der Waals surface area contributed by atoms with Crippen LogP contribution >= 0.6 is 0 Å². The lowest BCUT2D eigenvalue weighted by Gasteiger charge is -2.12. The maximum atomic E-state index is 14.4. The normalized spacial score (nSPS) is 11.1. The maximum Gasteiger partial charge on any atom is 0.144 e. The molecule has 0 aliphatic heterocycles. The summed E-state index contributed by atoms with van der Waals surface area (Å²) in [7, 11) is 1.87. The molecule has 0 aliphatic rings. The first-order valence-electron chi connectivity index (χ1n) is 7.56. The van der Waals surface area contributed by atoms with Crippen LogP contribution in [0.25, 0.3) is 16.7 Å². The van der Waals surface area contributed by atoms with Gasteiger partial charge in [-0.15, -0.1) is 0 Å². The second-order valence-corrected chi connectivity index (χ2v) is 5.63. The van der Waals surface area contributed by atoms with E-state index >= 15 is 0 Å². The minimum absolute atomic E-state index is 0.0473. The molecule has 5 heteroatoms. The van der Waals surface area contributed by atoms with Crippen LogP contribution in [-0.4, -0.2) is 18.5 Å². The number of likely N-dealkylation sites (N-methyl/N-ethyl adjacent to an activating group) is 1. The Morgan fingerprint density at radius 3 is 2.32 bits per heavy atom. The molecule has 2 nitrogen and oxygen atoms in total. The molecule has 2 rings (SSSR count). The molecule has 0 aliphatic carbocycles. The lowest BCUT2D eigenvalue weighted by Crippen LogP contribution is -2.09. The van der Waals surface area contributed by atoms with Crippen LogP contribution in [0.2, 0.25) is 0 Å². The quantitative estimate of drug-likeness (QED) is 0.754. The van der Waals surface area contributed by atoms with Gasteiger partial charge in [-0.1, -0.05) is 24.8 Å². The summed E-state index contributed by atoms with van der Waals surface area (Å²) >= 11 is 0. The summed E-state index contributed by atoms with van der Waals surface area (Å²) in [5.41, 5.74) is 0.989. The van der Waals surface area contributed by atoms with Crippen molar-refractivity contribution in [2.75, 3.05) is 13.6 Å². The number of halogens is 3. The van der Waals surface area contributed by atoms with Gasteiger partial charge in [0.15, 0.2) is 0 Å². The summed E-state index contributed by atoms with van der Waals surface area (Å²) in [4.78, 5) is 1.87. The summed E-state index contributed by atoms with van der Waals surface area (Å²) < 4.78 is 41.9. The first kappa shape index (κ1) is 18.3. The van der Waals surface area contributed by atoms with Gasteiger partial charge in [-0.05, 0) is 48.0 Å². The van der Waals surface area contributed by atoms with Crippen LogP contribution in [0.1, 0.15) is 18.1 Å². The number of hydrogen-bond acceptors (Lipinski definition) is 2. The lowest BCUT2D eigenvalue weighted by molar-refractivity contribution is 0.512. The van der Waals surface area contributed by atoms with Gasteiger partial charge in [0.2, 0.25) is 0 Å². The third-order valence-electron chi connectivity index (χ3n) is 3.89. The van der Waals surface area contributed by atoms with Crippen molar-refractivity contribution in [3.8, 4) is 17.2 Å². The molecule has 0 fully saturated rings. The highest BCUT2D eigenvalue weighted by Gasteiger charge is 2.14. The molecule has 0 aromatic heterocycles. The minimum Gasteiger partial charge on any atom is -0.377 e. The largest absolute Gasteiger partial charge is 0.377 e. The molecule has 0 spiro atoms. The van der Waals surface area contributed by atoms with Crippen molar-refractivity contribution in [2.24, 2.45) is 0 Å². The van der Waals surface area contributed by atoms with Crippen molar-refractivity contribution in [1.82, 2.24) is 4.90 Å². The Hall–Kier alpha value is -3.00. The number of hydrogen-bond donors (Lipinski definition) is 0. The van der Waals surface area contributed by atoms with Gasteiger partial charge in [0.1, 0.15) is 29.1 Å². The summed E-state index contributed by atoms with van der Waals surface area (Å²) in [5, 5.41) is 8.70. The first-order valence-corrected chi connectivity index (χ1v) is 7.56. The Kier molecular flexibility index (Phi) is 5.66. The van der Waals surface area contributed by atoms with Crippen LogP contribution in [0.5, 0.6) is 0 Å². The molecule has 25 heavy (non-hydrogen) atoms. The van der Waals surface area contributed by atoms with Crippen LogP contribution in [0, 0.1) is 28.8 Å². The van der Waals surface area contributed by atoms with Gasteiger partial charge in [-0.3, -0.25) is 0 Å². The molecular weight excluding hydrogens is 325 g/mol. The van der Waals surface area contributed by atoms with Crippen LogP contribution < -0.4 is 0 Å². The van der Waals surface area contributed by atoms with Crippen molar-refractivity contribution in [3.05, 3.63) is 77.8 Å². The van der Waals surface area contributed by atoms with E-state index in [9.17, 15) is 13.2 Å². The molecule has 0 saturated carbocycles. The molecule has 2 aromatic carbocycles. The monoisotopic (exact) mass is 342 g/mol. The SMILES string of the molecule is C=CN(C)C/C=C(\C)c1ccc(-c2cc(F)c(C#N)c(F)c2)c(F)c1. The van der Waals surface area contributed by atoms with Crippen LogP contribution in [-0.2, 0) is 0 Å². The van der Waals surface area contributed by atoms with E-state index in [4.69, 9.17) is 5.26 Å². The van der Waals surface area contributed by atoms with Crippen LogP contribution in [0.15, 0.2) is 49.2 Å². The summed E-state index contributed by atoms with van der Waals surface area (Å²) in [6.45, 7) is 6.14. The average molecular weight is 342 g/mol. The molecule has 0 unspecified atom stereocenters. The minimum atomic E-state index is -1.01. The van der Waals surface area contributed by atoms with E-state index in [2.05, 4.69) is 6.58 Å². The second kappa shape index (κ2) is 7.71. The maximum absolute atomic E-state index is 14.4. The van der Waals surface area contributed by atoms with Crippen molar-refractivity contribution >= 4 is 5.57 Å². The van der Waals surface area contributed by atoms with E-state index in [1.807, 2.05) is 24.9 Å². The van der Waals surface area contributed by atoms with E-state index in [-0.39, 0.29) is 11.1 Å². The second-order valence-electron chi connectivity index (χ2n) is 5.63. The Bertz CT molecular complexity index is 856. The highest BCUT2D eigenvalue weighted by atomic mass is 19.1. The molecule has 0 radical (unpaired) electrons. The van der Waals surface area contributed by atoms with Crippen molar-refractivity contribution in [1.29, 1.82) is 5.26 Å². The molecule has 2 aromatic rings. The van der Waals surface area contributed by atoms with Gasteiger partial charge >= 0.3 is 0 Å². The van der Waals surface area contributed by atoms with Gasteiger partial charge in [-0.2, -0.15) is 5.26 Å². The highest BCUT2D eigenvalue weighted by molar-refractivity contribution is 5.71. The summed E-state index contributed by atoms with van der Waals surface area (Å²) in [6.07, 6.45) is 3.61. The fraction of sp³-hybridized carbons (Fsp3) is 0.150. The summed E-state index contributed by atoms with van der Waals surface area (Å²) in [5.74, 6) is -2.61. The lowest BCUT2D eigenvalue weighted by atomic mass is 9.99. The van der Waals surface area contributed by atoms with E-state index in [1.54, 1.807) is 12.3 Å². The zero-order valence-electron chi connectivity index (χ0n) is 14.0. The molecule has 0 amide bonds. The van der Waals surface area contributed by atoms with Gasteiger partial charge < -0.3 is 4.90 Å². The third kappa shape index (κ3) is 4.10. The van der Waals surface area contributed by atoms with E-state index in [1.165, 1.54) is 18.2 Å². The average Bonchev–Trinajstić information content (AvgIpc) is 2.58. The molecule has 0 saturated heterocycles. The predicted octanol–water partition coefficient (Wildman–Crippen LogP) is 5.12. The smallest absolute Gasteiger partial charge is 0.144 e. The number of rotatable bonds is 5. The number of nitrogens with zero attached hydrogens (tertiary/aromatic N) is 2. The Morgan fingerprint density at radius 1 is 1.16 bits per heavy atom. The zero-order valence-corrected chi connectivity index (χ0v) is 14.0. The summed E-state index contributed by atoms with van der Waals surface area (Å²) in [6, 6.07) is 7.85. The number of nitriles is 1. The van der Waals surface area contributed by atoms with Crippen LogP contribution in [0.3, 0.4) is 0 Å². The molecule has 0 heterocycles. The third-order valence-corrected chi connectivity index (χ3v) is 3.89. The molecule has 128 valence electrons. The number of allylic oxidation sites excluding steroid dienone is 1. The molecule has 0 N–H and O–H groups in total. The van der Waals surface area contributed by atoms with Gasteiger partial charge in [0.05, 0.1) is 0 Å². The van der Waals surface area contributed by atoms with Crippen molar-refractivity contribution in [3.63, 3.8) is 0 Å². The Labute approximate surface area is 145 Å². The molecular formula is C20H17F3N2. The molecule has 0 bridgehead atoms. The predicted molar refractivity (Wildman–Crippen MR) is 92.9 cm³/mol. The number of benzene rings is 2.